The zero-order valence-corrected chi connectivity index (χ0v) is 14.1. The maximum atomic E-state index is 12.3. The first-order valence-corrected chi connectivity index (χ1v) is 6.92. The number of carbonyl (C=O) groups excluding carboxylic acids is 1. The summed E-state index contributed by atoms with van der Waals surface area (Å²) in [5.74, 6) is 0.340. The van der Waals surface area contributed by atoms with Crippen molar-refractivity contribution >= 4 is 45.2 Å². The van der Waals surface area contributed by atoms with Crippen molar-refractivity contribution in [1.82, 2.24) is 10.2 Å². The standard InChI is InChI=1S/C14H17BrN2O2.ClH/c1-9-11-8-10(15)4-5-12(11)19-13(9)14(18)17(3)7-6-16-2;/h4-5,8,16H,6-7H2,1-3H3;1H. The molecule has 0 fully saturated rings. The first-order chi connectivity index (χ1) is 9.04. The zero-order valence-electron chi connectivity index (χ0n) is 11.7. The number of benzene rings is 1. The molecule has 0 bridgehead atoms. The zero-order chi connectivity index (χ0) is 14.0. The predicted octanol–water partition coefficient (Wildman–Crippen LogP) is 3.22. The highest BCUT2D eigenvalue weighted by Gasteiger charge is 2.20. The molecule has 6 heteroatoms. The van der Waals surface area contributed by atoms with Crippen LogP contribution < -0.4 is 5.32 Å². The number of carbonyl (C=O) groups is 1. The van der Waals surface area contributed by atoms with E-state index in [2.05, 4.69) is 21.2 Å². The molecule has 1 N–H and O–H groups in total. The summed E-state index contributed by atoms with van der Waals surface area (Å²) in [6, 6.07) is 5.75. The first-order valence-electron chi connectivity index (χ1n) is 6.13. The van der Waals surface area contributed by atoms with E-state index >= 15 is 0 Å². The molecule has 1 heterocycles. The summed E-state index contributed by atoms with van der Waals surface area (Å²) in [6.07, 6.45) is 0. The number of hydrogen-bond donors (Lipinski definition) is 1. The lowest BCUT2D eigenvalue weighted by Crippen LogP contribution is -2.32. The number of furan rings is 1. The fraction of sp³-hybridized carbons (Fsp3) is 0.357. The lowest BCUT2D eigenvalue weighted by molar-refractivity contribution is 0.0767. The van der Waals surface area contributed by atoms with Gasteiger partial charge in [0.1, 0.15) is 5.58 Å². The van der Waals surface area contributed by atoms with Crippen LogP contribution >= 0.6 is 28.3 Å². The van der Waals surface area contributed by atoms with Crippen LogP contribution in [0.4, 0.5) is 0 Å². The molecule has 0 aliphatic carbocycles. The molecule has 0 radical (unpaired) electrons. The summed E-state index contributed by atoms with van der Waals surface area (Å²) < 4.78 is 6.66. The Balaban J connectivity index is 0.00000200. The summed E-state index contributed by atoms with van der Waals surface area (Å²) in [5.41, 5.74) is 1.63. The Morgan fingerprint density at radius 1 is 1.45 bits per heavy atom. The minimum atomic E-state index is -0.0833. The van der Waals surface area contributed by atoms with E-state index in [0.29, 0.717) is 12.3 Å². The largest absolute Gasteiger partial charge is 0.451 e. The maximum Gasteiger partial charge on any atom is 0.289 e. The molecule has 2 rings (SSSR count). The van der Waals surface area contributed by atoms with Crippen LogP contribution in [0.2, 0.25) is 0 Å². The third kappa shape index (κ3) is 3.34. The topological polar surface area (TPSA) is 45.5 Å². The van der Waals surface area contributed by atoms with Gasteiger partial charge in [0.25, 0.3) is 5.91 Å². The Labute approximate surface area is 133 Å². The second-order valence-electron chi connectivity index (χ2n) is 4.53. The number of nitrogens with zero attached hydrogens (tertiary/aromatic N) is 1. The van der Waals surface area contributed by atoms with Crippen LogP contribution in [0.15, 0.2) is 27.1 Å². The van der Waals surface area contributed by atoms with E-state index in [1.54, 1.807) is 11.9 Å². The average Bonchev–Trinajstić information content (AvgIpc) is 2.72. The van der Waals surface area contributed by atoms with Gasteiger partial charge in [-0.3, -0.25) is 4.79 Å². The van der Waals surface area contributed by atoms with Crippen LogP contribution in [-0.2, 0) is 0 Å². The van der Waals surface area contributed by atoms with Gasteiger partial charge in [-0.1, -0.05) is 15.9 Å². The van der Waals surface area contributed by atoms with Crippen LogP contribution in [0.25, 0.3) is 11.0 Å². The molecule has 0 saturated heterocycles. The van der Waals surface area contributed by atoms with E-state index in [-0.39, 0.29) is 18.3 Å². The van der Waals surface area contributed by atoms with E-state index in [1.165, 1.54) is 0 Å². The Kier molecular flexibility index (Phi) is 6.05. The molecule has 20 heavy (non-hydrogen) atoms. The van der Waals surface area contributed by atoms with E-state index in [0.717, 1.165) is 27.6 Å². The lowest BCUT2D eigenvalue weighted by atomic mass is 10.1. The fourth-order valence-corrected chi connectivity index (χ4v) is 2.31. The minimum absolute atomic E-state index is 0. The van der Waals surface area contributed by atoms with Gasteiger partial charge in [-0.25, -0.2) is 0 Å². The average molecular weight is 362 g/mol. The monoisotopic (exact) mass is 360 g/mol. The molecule has 0 aliphatic rings. The predicted molar refractivity (Wildman–Crippen MR) is 86.8 cm³/mol. The van der Waals surface area contributed by atoms with Gasteiger partial charge >= 0.3 is 0 Å². The normalized spacial score (nSPS) is 10.4. The van der Waals surface area contributed by atoms with Crippen LogP contribution in [0, 0.1) is 6.92 Å². The molecule has 0 atom stereocenters. The molecule has 4 nitrogen and oxygen atoms in total. The highest BCUT2D eigenvalue weighted by molar-refractivity contribution is 9.10. The van der Waals surface area contributed by atoms with Crippen LogP contribution in [0.3, 0.4) is 0 Å². The number of hydrogen-bond acceptors (Lipinski definition) is 3. The summed E-state index contributed by atoms with van der Waals surface area (Å²) in [4.78, 5) is 14.0. The number of amides is 1. The Hall–Kier alpha value is -1.04. The molecule has 1 aromatic carbocycles. The molecule has 0 spiro atoms. The summed E-state index contributed by atoms with van der Waals surface area (Å²) in [6.45, 7) is 3.32. The van der Waals surface area contributed by atoms with Crippen LogP contribution in [0.1, 0.15) is 16.1 Å². The molecular weight excluding hydrogens is 344 g/mol. The van der Waals surface area contributed by atoms with Crippen molar-refractivity contribution in [2.45, 2.75) is 6.92 Å². The summed E-state index contributed by atoms with van der Waals surface area (Å²) >= 11 is 3.43. The van der Waals surface area contributed by atoms with Gasteiger partial charge in [0.2, 0.25) is 0 Å². The molecule has 1 aromatic heterocycles. The molecule has 0 saturated carbocycles. The Morgan fingerprint density at radius 2 is 2.15 bits per heavy atom. The SMILES string of the molecule is CNCCN(C)C(=O)c1oc2ccc(Br)cc2c1C.Cl. The van der Waals surface area contributed by atoms with Crippen molar-refractivity contribution in [3.05, 3.63) is 34.0 Å². The van der Waals surface area contributed by atoms with Crippen molar-refractivity contribution in [3.8, 4) is 0 Å². The van der Waals surface area contributed by atoms with Crippen LogP contribution in [0.5, 0.6) is 0 Å². The third-order valence-corrected chi connectivity index (χ3v) is 3.63. The van der Waals surface area contributed by atoms with Crippen molar-refractivity contribution in [2.24, 2.45) is 0 Å². The van der Waals surface area contributed by atoms with E-state index in [4.69, 9.17) is 4.42 Å². The molecule has 0 unspecified atom stereocenters. The molecule has 1 amide bonds. The van der Waals surface area contributed by atoms with Gasteiger partial charge in [-0.05, 0) is 32.2 Å². The number of fused-ring (bicyclic) bond motifs is 1. The van der Waals surface area contributed by atoms with E-state index in [9.17, 15) is 4.79 Å². The molecule has 2 aromatic rings. The number of nitrogens with one attached hydrogen (secondary N) is 1. The Bertz CT molecular complexity index is 612. The molecular formula is C14H18BrClN2O2. The number of likely N-dealkylation sites (N-methyl/N-ethyl adjacent to an activating group) is 2. The highest BCUT2D eigenvalue weighted by atomic mass is 79.9. The highest BCUT2D eigenvalue weighted by Crippen LogP contribution is 2.28. The minimum Gasteiger partial charge on any atom is -0.451 e. The second kappa shape index (κ2) is 7.11. The number of halogens is 2. The van der Waals surface area contributed by atoms with Crippen molar-refractivity contribution < 1.29 is 9.21 Å². The summed E-state index contributed by atoms with van der Waals surface area (Å²) in [7, 11) is 3.64. The Morgan fingerprint density at radius 3 is 2.80 bits per heavy atom. The lowest BCUT2D eigenvalue weighted by Gasteiger charge is -2.15. The second-order valence-corrected chi connectivity index (χ2v) is 5.44. The van der Waals surface area contributed by atoms with Crippen LogP contribution in [-0.4, -0.2) is 38.0 Å². The van der Waals surface area contributed by atoms with Crippen molar-refractivity contribution in [3.63, 3.8) is 0 Å². The first kappa shape index (κ1) is 17.0. The number of rotatable bonds is 4. The van der Waals surface area contributed by atoms with E-state index < -0.39 is 0 Å². The maximum absolute atomic E-state index is 12.3. The van der Waals surface area contributed by atoms with E-state index in [1.807, 2.05) is 32.2 Å². The number of aryl methyl sites for hydroxylation is 1. The molecule has 0 aliphatic heterocycles. The summed E-state index contributed by atoms with van der Waals surface area (Å²) in [5, 5.41) is 3.99. The van der Waals surface area contributed by atoms with Gasteiger partial charge in [0.15, 0.2) is 5.76 Å². The molecule has 110 valence electrons. The van der Waals surface area contributed by atoms with Gasteiger partial charge < -0.3 is 14.6 Å². The van der Waals surface area contributed by atoms with Gasteiger partial charge in [0.05, 0.1) is 0 Å². The fourth-order valence-electron chi connectivity index (χ4n) is 1.95. The van der Waals surface area contributed by atoms with Crippen molar-refractivity contribution in [1.29, 1.82) is 0 Å². The third-order valence-electron chi connectivity index (χ3n) is 3.14. The van der Waals surface area contributed by atoms with Gasteiger partial charge in [-0.15, -0.1) is 12.4 Å². The van der Waals surface area contributed by atoms with Gasteiger partial charge in [0, 0.05) is 35.6 Å². The van der Waals surface area contributed by atoms with Crippen molar-refractivity contribution in [2.75, 3.05) is 27.2 Å². The van der Waals surface area contributed by atoms with Gasteiger partial charge in [-0.2, -0.15) is 0 Å². The quantitative estimate of drug-likeness (QED) is 0.909. The smallest absolute Gasteiger partial charge is 0.289 e.